The van der Waals surface area contributed by atoms with Crippen LogP contribution < -0.4 is 10.6 Å². The van der Waals surface area contributed by atoms with E-state index in [4.69, 9.17) is 5.11 Å². The van der Waals surface area contributed by atoms with E-state index in [2.05, 4.69) is 10.6 Å². The van der Waals surface area contributed by atoms with Gasteiger partial charge in [-0.05, 0) is 19.3 Å². The minimum absolute atomic E-state index is 0. The molecule has 1 aliphatic rings. The second-order valence-corrected chi connectivity index (χ2v) is 4.29. The molecule has 0 aromatic carbocycles. The topological polar surface area (TPSA) is 61.4 Å². The molecule has 1 fully saturated rings. The standard InChI is InChI=1S/C10H20N2O2.ClH/c1-7(3-8(2)13)4-12-10(14)9-5-11-6-9;/h7-9,11,13H,3-6H2,1-2H3,(H,12,14);1H. The molecule has 1 amide bonds. The van der Waals surface area contributed by atoms with E-state index in [-0.39, 0.29) is 30.3 Å². The number of carbonyl (C=O) groups is 1. The van der Waals surface area contributed by atoms with E-state index in [0.29, 0.717) is 12.5 Å². The number of rotatable bonds is 5. The number of aliphatic hydroxyl groups is 1. The fraction of sp³-hybridized carbons (Fsp3) is 0.900. The Balaban J connectivity index is 0.00000196. The van der Waals surface area contributed by atoms with Gasteiger partial charge in [-0.25, -0.2) is 0 Å². The van der Waals surface area contributed by atoms with E-state index in [0.717, 1.165) is 19.5 Å². The maximum Gasteiger partial charge on any atom is 0.225 e. The van der Waals surface area contributed by atoms with Crippen LogP contribution >= 0.6 is 12.4 Å². The van der Waals surface area contributed by atoms with Gasteiger partial charge in [0.2, 0.25) is 5.91 Å². The van der Waals surface area contributed by atoms with Crippen LogP contribution in [0, 0.1) is 11.8 Å². The zero-order valence-corrected chi connectivity index (χ0v) is 10.1. The van der Waals surface area contributed by atoms with Gasteiger partial charge in [0, 0.05) is 19.6 Å². The van der Waals surface area contributed by atoms with Crippen molar-refractivity contribution < 1.29 is 9.90 Å². The van der Waals surface area contributed by atoms with Gasteiger partial charge in [-0.1, -0.05) is 6.92 Å². The van der Waals surface area contributed by atoms with Crippen molar-refractivity contribution in [2.75, 3.05) is 19.6 Å². The van der Waals surface area contributed by atoms with Crippen LogP contribution in [0.4, 0.5) is 0 Å². The molecule has 0 radical (unpaired) electrons. The summed E-state index contributed by atoms with van der Waals surface area (Å²) in [5, 5.41) is 15.1. The van der Waals surface area contributed by atoms with Gasteiger partial charge in [-0.2, -0.15) is 0 Å². The Kier molecular flexibility index (Phi) is 6.89. The van der Waals surface area contributed by atoms with Gasteiger partial charge in [0.25, 0.3) is 0 Å². The van der Waals surface area contributed by atoms with E-state index >= 15 is 0 Å². The SMILES string of the molecule is CC(O)CC(C)CNC(=O)C1CNC1.Cl. The van der Waals surface area contributed by atoms with Crippen LogP contribution in [0.2, 0.25) is 0 Å². The molecule has 2 unspecified atom stereocenters. The molecule has 15 heavy (non-hydrogen) atoms. The smallest absolute Gasteiger partial charge is 0.225 e. The molecule has 5 heteroatoms. The molecule has 0 saturated carbocycles. The van der Waals surface area contributed by atoms with Crippen molar-refractivity contribution in [3.63, 3.8) is 0 Å². The van der Waals surface area contributed by atoms with Gasteiger partial charge in [0.15, 0.2) is 0 Å². The predicted molar refractivity (Wildman–Crippen MR) is 62.1 cm³/mol. The molecule has 1 saturated heterocycles. The third kappa shape index (κ3) is 5.35. The van der Waals surface area contributed by atoms with Crippen molar-refractivity contribution in [2.24, 2.45) is 11.8 Å². The summed E-state index contributed by atoms with van der Waals surface area (Å²) in [6.45, 7) is 6.08. The molecule has 0 spiro atoms. The lowest BCUT2D eigenvalue weighted by Crippen LogP contribution is -2.51. The van der Waals surface area contributed by atoms with Crippen molar-refractivity contribution in [1.29, 1.82) is 0 Å². The highest BCUT2D eigenvalue weighted by Crippen LogP contribution is 2.06. The predicted octanol–water partition coefficient (Wildman–Crippen LogP) is 0.151. The van der Waals surface area contributed by atoms with Crippen molar-refractivity contribution >= 4 is 18.3 Å². The molecule has 1 heterocycles. The number of hydrogen-bond donors (Lipinski definition) is 3. The zero-order chi connectivity index (χ0) is 10.6. The number of carbonyl (C=O) groups excluding carboxylic acids is 1. The maximum atomic E-state index is 11.4. The second-order valence-electron chi connectivity index (χ2n) is 4.29. The Morgan fingerprint density at radius 3 is 2.53 bits per heavy atom. The summed E-state index contributed by atoms with van der Waals surface area (Å²) in [4.78, 5) is 11.4. The third-order valence-electron chi connectivity index (χ3n) is 2.52. The first-order chi connectivity index (χ1) is 6.59. The molecular weight excluding hydrogens is 216 g/mol. The lowest BCUT2D eigenvalue weighted by atomic mass is 10.0. The maximum absolute atomic E-state index is 11.4. The van der Waals surface area contributed by atoms with E-state index in [1.54, 1.807) is 6.92 Å². The number of halogens is 1. The quantitative estimate of drug-likeness (QED) is 0.637. The van der Waals surface area contributed by atoms with Gasteiger partial charge in [0.1, 0.15) is 0 Å². The molecule has 2 atom stereocenters. The van der Waals surface area contributed by atoms with Gasteiger partial charge >= 0.3 is 0 Å². The summed E-state index contributed by atoms with van der Waals surface area (Å²) >= 11 is 0. The fourth-order valence-corrected chi connectivity index (χ4v) is 1.56. The highest BCUT2D eigenvalue weighted by molar-refractivity contribution is 5.85. The summed E-state index contributed by atoms with van der Waals surface area (Å²) in [7, 11) is 0. The Hall–Kier alpha value is -0.320. The summed E-state index contributed by atoms with van der Waals surface area (Å²) < 4.78 is 0. The first-order valence-electron chi connectivity index (χ1n) is 5.26. The first-order valence-corrected chi connectivity index (χ1v) is 5.26. The molecule has 0 aliphatic carbocycles. The minimum Gasteiger partial charge on any atom is -0.393 e. The molecule has 1 aliphatic heterocycles. The second kappa shape index (κ2) is 7.04. The van der Waals surface area contributed by atoms with E-state index < -0.39 is 0 Å². The molecule has 0 bridgehead atoms. The monoisotopic (exact) mass is 236 g/mol. The summed E-state index contributed by atoms with van der Waals surface area (Å²) in [5.41, 5.74) is 0. The summed E-state index contributed by atoms with van der Waals surface area (Å²) in [6.07, 6.45) is 0.454. The van der Waals surface area contributed by atoms with Crippen molar-refractivity contribution in [2.45, 2.75) is 26.4 Å². The molecule has 4 nitrogen and oxygen atoms in total. The fourth-order valence-electron chi connectivity index (χ4n) is 1.56. The van der Waals surface area contributed by atoms with Gasteiger partial charge in [-0.3, -0.25) is 4.79 Å². The van der Waals surface area contributed by atoms with E-state index in [1.807, 2.05) is 6.92 Å². The van der Waals surface area contributed by atoms with Crippen LogP contribution in [-0.4, -0.2) is 36.8 Å². The average Bonchev–Trinajstić information content (AvgIpc) is 1.96. The molecule has 0 aromatic rings. The van der Waals surface area contributed by atoms with E-state index in [9.17, 15) is 4.79 Å². The normalized spacial score (nSPS) is 19.7. The van der Waals surface area contributed by atoms with Crippen molar-refractivity contribution in [3.05, 3.63) is 0 Å². The molecule has 3 N–H and O–H groups in total. The average molecular weight is 237 g/mol. The third-order valence-corrected chi connectivity index (χ3v) is 2.52. The van der Waals surface area contributed by atoms with Crippen molar-refractivity contribution in [1.82, 2.24) is 10.6 Å². The van der Waals surface area contributed by atoms with Crippen LogP contribution in [0.5, 0.6) is 0 Å². The van der Waals surface area contributed by atoms with Crippen LogP contribution in [0.25, 0.3) is 0 Å². The van der Waals surface area contributed by atoms with E-state index in [1.165, 1.54) is 0 Å². The first kappa shape index (κ1) is 14.7. The Bertz CT molecular complexity index is 196. The van der Waals surface area contributed by atoms with Crippen molar-refractivity contribution in [3.8, 4) is 0 Å². The van der Waals surface area contributed by atoms with Gasteiger partial charge in [-0.15, -0.1) is 12.4 Å². The van der Waals surface area contributed by atoms with Gasteiger partial charge in [0.05, 0.1) is 12.0 Å². The van der Waals surface area contributed by atoms with Crippen LogP contribution in [0.15, 0.2) is 0 Å². The summed E-state index contributed by atoms with van der Waals surface area (Å²) in [6, 6.07) is 0. The van der Waals surface area contributed by atoms with Crippen LogP contribution in [0.1, 0.15) is 20.3 Å². The Labute approximate surface area is 97.2 Å². The minimum atomic E-state index is -0.285. The highest BCUT2D eigenvalue weighted by atomic mass is 35.5. The van der Waals surface area contributed by atoms with Crippen LogP contribution in [0.3, 0.4) is 0 Å². The molecule has 1 rings (SSSR count). The molecule has 90 valence electrons. The lowest BCUT2D eigenvalue weighted by Gasteiger charge is -2.26. The van der Waals surface area contributed by atoms with Gasteiger partial charge < -0.3 is 15.7 Å². The Morgan fingerprint density at radius 1 is 1.53 bits per heavy atom. The number of amides is 1. The number of nitrogens with one attached hydrogen (secondary N) is 2. The van der Waals surface area contributed by atoms with Crippen LogP contribution in [-0.2, 0) is 4.79 Å². The highest BCUT2D eigenvalue weighted by Gasteiger charge is 2.24. The lowest BCUT2D eigenvalue weighted by molar-refractivity contribution is -0.126. The molecule has 0 aromatic heterocycles. The summed E-state index contributed by atoms with van der Waals surface area (Å²) in [5.74, 6) is 0.641. The number of hydrogen-bond acceptors (Lipinski definition) is 3. The Morgan fingerprint density at radius 2 is 2.13 bits per heavy atom. The largest absolute Gasteiger partial charge is 0.393 e. The number of aliphatic hydroxyl groups excluding tert-OH is 1. The molecular formula is C10H21ClN2O2. The zero-order valence-electron chi connectivity index (χ0n) is 9.32.